The summed E-state index contributed by atoms with van der Waals surface area (Å²) in [6.07, 6.45) is 12.1. The molecular formula is C46H94O9. The maximum Gasteiger partial charge on any atom is 0.509 e. The van der Waals surface area contributed by atoms with Crippen LogP contribution in [0, 0.1) is 47.3 Å². The summed E-state index contributed by atoms with van der Waals surface area (Å²) in [6.45, 7) is 37.6. The minimum atomic E-state index is -0.546. The molecule has 0 aromatic carbocycles. The number of hydrogen-bond donors (Lipinski definition) is 0. The highest BCUT2D eigenvalue weighted by atomic mass is 16.8. The van der Waals surface area contributed by atoms with Crippen LogP contribution in [0.4, 0.5) is 14.4 Å². The van der Waals surface area contributed by atoms with Crippen molar-refractivity contribution in [1.29, 1.82) is 0 Å². The van der Waals surface area contributed by atoms with E-state index in [1.165, 1.54) is 64.2 Å². The summed E-state index contributed by atoms with van der Waals surface area (Å²) in [6, 6.07) is 0. The fraction of sp³-hybridized carbons (Fsp3) is 0.935. The Morgan fingerprint density at radius 2 is 0.655 bits per heavy atom. The summed E-state index contributed by atoms with van der Waals surface area (Å²) in [5, 5.41) is 0. The molecule has 0 aromatic rings. The Morgan fingerprint density at radius 1 is 0.400 bits per heavy atom. The molecule has 0 spiro atoms. The minimum Gasteiger partial charge on any atom is -0.431 e. The molecule has 6 saturated carbocycles. The van der Waals surface area contributed by atoms with Gasteiger partial charge in [-0.05, 0) is 68.6 Å². The van der Waals surface area contributed by atoms with Crippen molar-refractivity contribution >= 4 is 18.5 Å². The molecule has 3 aliphatic heterocycles. The molecule has 0 radical (unpaired) electrons. The topological polar surface area (TPSA) is 107 Å². The quantitative estimate of drug-likeness (QED) is 0.135. The van der Waals surface area contributed by atoms with Gasteiger partial charge in [-0.3, -0.25) is 0 Å². The van der Waals surface area contributed by atoms with Gasteiger partial charge < -0.3 is 28.4 Å². The maximum absolute atomic E-state index is 11.2. The van der Waals surface area contributed by atoms with Gasteiger partial charge in [0.15, 0.2) is 0 Å². The Balaban J connectivity index is -0.000000296. The maximum atomic E-state index is 11.2. The molecule has 3 heterocycles. The van der Waals surface area contributed by atoms with E-state index in [0.29, 0.717) is 36.9 Å². The zero-order valence-corrected chi connectivity index (χ0v) is 38.6. The molecule has 6 aliphatic carbocycles. The van der Waals surface area contributed by atoms with Crippen molar-refractivity contribution in [3.05, 3.63) is 0 Å². The SMILES string of the molecule is C.CC.CC.CC.CC.CC.CC.CCC.CCC.CCC.O=C1OC2C3CC(C2O1)C1C2CCC(C2)C31.O=C1OC2C3CCC(C3)C2O1.O=C1OCCO1. The first-order valence-corrected chi connectivity index (χ1v) is 22.8. The van der Waals surface area contributed by atoms with Gasteiger partial charge in [0.1, 0.15) is 37.6 Å². The Kier molecular flexibility index (Phi) is 39.1. The van der Waals surface area contributed by atoms with Crippen molar-refractivity contribution < 1.29 is 42.8 Å². The third kappa shape index (κ3) is 17.1. The average Bonchev–Trinajstić information content (AvgIpc) is 4.05. The molecule has 55 heavy (non-hydrogen) atoms. The summed E-state index contributed by atoms with van der Waals surface area (Å²) >= 11 is 0. The summed E-state index contributed by atoms with van der Waals surface area (Å²) < 4.78 is 29.4. The van der Waals surface area contributed by atoms with Crippen LogP contribution in [-0.4, -0.2) is 56.1 Å². The van der Waals surface area contributed by atoms with Crippen molar-refractivity contribution in [2.24, 2.45) is 47.3 Å². The lowest BCUT2D eigenvalue weighted by atomic mass is 9.69. The monoisotopic (exact) mass is 791 g/mol. The third-order valence-corrected chi connectivity index (χ3v) is 9.97. The second-order valence-corrected chi connectivity index (χ2v) is 13.3. The number of carbonyl (C=O) groups is 3. The van der Waals surface area contributed by atoms with Gasteiger partial charge in [0.2, 0.25) is 0 Å². The van der Waals surface area contributed by atoms with Gasteiger partial charge >= 0.3 is 18.5 Å². The lowest BCUT2D eigenvalue weighted by molar-refractivity contribution is 0.00878. The van der Waals surface area contributed by atoms with Gasteiger partial charge in [-0.1, -0.05) is 151 Å². The van der Waals surface area contributed by atoms with Crippen LogP contribution in [0.2, 0.25) is 0 Å². The van der Waals surface area contributed by atoms with Crippen molar-refractivity contribution in [2.45, 2.75) is 221 Å². The van der Waals surface area contributed by atoms with Crippen molar-refractivity contribution in [2.75, 3.05) is 13.2 Å². The van der Waals surface area contributed by atoms with Crippen molar-refractivity contribution in [1.82, 2.24) is 0 Å². The third-order valence-electron chi connectivity index (χ3n) is 9.97. The van der Waals surface area contributed by atoms with E-state index in [2.05, 4.69) is 51.0 Å². The van der Waals surface area contributed by atoms with Crippen molar-refractivity contribution in [3.63, 3.8) is 0 Å². The zero-order chi connectivity index (χ0) is 42.4. The molecule has 12 atom stereocenters. The van der Waals surface area contributed by atoms with E-state index in [1.807, 2.05) is 83.1 Å². The Hall–Kier alpha value is -2.19. The van der Waals surface area contributed by atoms with Crippen LogP contribution in [0.25, 0.3) is 0 Å². The molecule has 0 N–H and O–H groups in total. The number of ether oxygens (including phenoxy) is 6. The normalized spacial score (nSPS) is 32.9. The molecule has 12 unspecified atom stereocenters. The highest BCUT2D eigenvalue weighted by Crippen LogP contribution is 2.69. The summed E-state index contributed by atoms with van der Waals surface area (Å²) in [7, 11) is 0. The van der Waals surface area contributed by atoms with E-state index in [4.69, 9.17) is 18.9 Å². The van der Waals surface area contributed by atoms with Gasteiger partial charge in [-0.2, -0.15) is 0 Å². The van der Waals surface area contributed by atoms with E-state index in [0.717, 1.165) is 23.7 Å². The Bertz CT molecular complexity index is 847. The van der Waals surface area contributed by atoms with E-state index in [1.54, 1.807) is 0 Å². The summed E-state index contributed by atoms with van der Waals surface area (Å²) in [4.78, 5) is 31.8. The molecule has 9 heteroatoms. The highest BCUT2D eigenvalue weighted by Gasteiger charge is 2.69. The molecule has 9 nitrogen and oxygen atoms in total. The van der Waals surface area contributed by atoms with Crippen LogP contribution in [0.1, 0.15) is 196 Å². The van der Waals surface area contributed by atoms with Crippen LogP contribution < -0.4 is 0 Å². The number of cyclic esters (lactones) is 2. The summed E-state index contributed by atoms with van der Waals surface area (Å²) in [5.41, 5.74) is 0. The molecule has 0 amide bonds. The van der Waals surface area contributed by atoms with Crippen LogP contribution >= 0.6 is 0 Å². The zero-order valence-electron chi connectivity index (χ0n) is 38.6. The summed E-state index contributed by atoms with van der Waals surface area (Å²) in [5.74, 6) is 6.14. The van der Waals surface area contributed by atoms with Gasteiger partial charge in [-0.25, -0.2) is 14.4 Å². The van der Waals surface area contributed by atoms with Crippen LogP contribution in [-0.2, 0) is 28.4 Å². The molecule has 0 aromatic heterocycles. The van der Waals surface area contributed by atoms with Crippen LogP contribution in [0.15, 0.2) is 0 Å². The van der Waals surface area contributed by atoms with E-state index >= 15 is 0 Å². The molecule has 6 bridgehead atoms. The lowest BCUT2D eigenvalue weighted by Gasteiger charge is -2.38. The molecule has 332 valence electrons. The van der Waals surface area contributed by atoms with E-state index < -0.39 is 18.5 Å². The standard InChI is InChI=1S/C13H16O3.C8H10O3.C3H4O3.3C3H8.6C2H6.CH4/c14-13-15-11-7-4-8(12(11)16-13)10-6-2-1-5(3-6)9(7)10;9-8-10-6-4-1-2-5(3-4)7(6)11-8;4-3-5-1-2-6-3;3*1-3-2;6*1-2;/h5-12H,1-4H2;4-7H,1-3H2;1-2H2;3*3H2,1-2H3;6*1-2H3;1H4. The fourth-order valence-corrected chi connectivity index (χ4v) is 9.09. The van der Waals surface area contributed by atoms with Gasteiger partial charge in [-0.15, -0.1) is 0 Å². The first-order chi connectivity index (χ1) is 26.3. The number of hydrogen-bond acceptors (Lipinski definition) is 9. The average molecular weight is 791 g/mol. The van der Waals surface area contributed by atoms with E-state index in [-0.39, 0.29) is 31.8 Å². The largest absolute Gasteiger partial charge is 0.509 e. The Labute approximate surface area is 341 Å². The lowest BCUT2D eigenvalue weighted by Crippen LogP contribution is -2.42. The molecule has 9 aliphatic rings. The number of carbonyl (C=O) groups excluding carboxylic acids is 3. The molecular weight excluding hydrogens is 696 g/mol. The molecule has 9 rings (SSSR count). The van der Waals surface area contributed by atoms with Crippen LogP contribution in [0.3, 0.4) is 0 Å². The second kappa shape index (κ2) is 36.2. The van der Waals surface area contributed by atoms with Gasteiger partial charge in [0.05, 0.1) is 0 Å². The van der Waals surface area contributed by atoms with Crippen molar-refractivity contribution in [3.8, 4) is 0 Å². The van der Waals surface area contributed by atoms with Gasteiger partial charge in [0, 0.05) is 23.7 Å². The first-order valence-electron chi connectivity index (χ1n) is 22.8. The number of fused-ring (bicyclic) bond motifs is 17. The predicted octanol–water partition coefficient (Wildman–Crippen LogP) is 14.7. The first kappa shape index (κ1) is 59.5. The fourth-order valence-electron chi connectivity index (χ4n) is 9.09. The predicted molar refractivity (Wildman–Crippen MR) is 231 cm³/mol. The minimum absolute atomic E-state index is 0. The molecule has 9 fully saturated rings. The number of rotatable bonds is 0. The van der Waals surface area contributed by atoms with E-state index in [9.17, 15) is 14.4 Å². The molecule has 3 saturated heterocycles. The second-order valence-electron chi connectivity index (χ2n) is 13.3. The van der Waals surface area contributed by atoms with Gasteiger partial charge in [0.25, 0.3) is 0 Å². The Morgan fingerprint density at radius 3 is 0.927 bits per heavy atom. The van der Waals surface area contributed by atoms with Crippen LogP contribution in [0.5, 0.6) is 0 Å². The smallest absolute Gasteiger partial charge is 0.431 e. The highest BCUT2D eigenvalue weighted by molar-refractivity contribution is 5.63.